The quantitative estimate of drug-likeness (QED) is 0.753. The molecule has 14 heavy (non-hydrogen) atoms. The van der Waals surface area contributed by atoms with E-state index in [0.717, 1.165) is 25.7 Å². The summed E-state index contributed by atoms with van der Waals surface area (Å²) in [6.45, 7) is 4.89. The Morgan fingerprint density at radius 1 is 1.43 bits per heavy atom. The highest BCUT2D eigenvalue weighted by Gasteiger charge is 2.30. The molecule has 0 spiro atoms. The Morgan fingerprint density at radius 3 is 2.50 bits per heavy atom. The Bertz CT molecular complexity index is 165. The normalized spacial score (nSPS) is 35.6. The summed E-state index contributed by atoms with van der Waals surface area (Å²) < 4.78 is 11.0. The minimum Gasteiger partial charge on any atom is -0.379 e. The number of hydrogen-bond acceptors (Lipinski definition) is 3. The van der Waals surface area contributed by atoms with Crippen LogP contribution in [0, 0.1) is 0 Å². The molecule has 1 rings (SSSR count). The summed E-state index contributed by atoms with van der Waals surface area (Å²) >= 11 is 0. The summed E-state index contributed by atoms with van der Waals surface area (Å²) in [5.74, 6) is 0. The van der Waals surface area contributed by atoms with Crippen molar-refractivity contribution >= 4 is 0 Å². The van der Waals surface area contributed by atoms with Crippen LogP contribution in [0.25, 0.3) is 0 Å². The van der Waals surface area contributed by atoms with Crippen LogP contribution in [0.4, 0.5) is 0 Å². The molecule has 1 aliphatic carbocycles. The lowest BCUT2D eigenvalue weighted by Crippen LogP contribution is -2.40. The second-order valence-corrected chi connectivity index (χ2v) is 4.64. The van der Waals surface area contributed by atoms with Crippen LogP contribution in [-0.2, 0) is 9.47 Å². The van der Waals surface area contributed by atoms with E-state index >= 15 is 0 Å². The summed E-state index contributed by atoms with van der Waals surface area (Å²) in [7, 11) is 1.72. The maximum atomic E-state index is 5.89. The average Bonchev–Trinajstić information content (AvgIpc) is 2.20. The maximum Gasteiger partial charge on any atom is 0.0776 e. The highest BCUT2D eigenvalue weighted by atomic mass is 16.5. The van der Waals surface area contributed by atoms with Crippen LogP contribution in [0.15, 0.2) is 0 Å². The Labute approximate surface area is 86.9 Å². The first kappa shape index (κ1) is 12.0. The van der Waals surface area contributed by atoms with Gasteiger partial charge in [-0.2, -0.15) is 0 Å². The van der Waals surface area contributed by atoms with Crippen LogP contribution in [0.1, 0.15) is 39.5 Å². The lowest BCUT2D eigenvalue weighted by atomic mass is 9.84. The van der Waals surface area contributed by atoms with Gasteiger partial charge in [-0.15, -0.1) is 0 Å². The third-order valence-electron chi connectivity index (χ3n) is 3.16. The minimum absolute atomic E-state index is 0.0304. The van der Waals surface area contributed by atoms with E-state index in [2.05, 4.69) is 6.92 Å². The molecule has 1 atom stereocenters. The summed E-state index contributed by atoms with van der Waals surface area (Å²) in [6.07, 6.45) is 4.49. The highest BCUT2D eigenvalue weighted by molar-refractivity contribution is 4.85. The van der Waals surface area contributed by atoms with E-state index in [1.807, 2.05) is 6.92 Å². The van der Waals surface area contributed by atoms with Gasteiger partial charge in [-0.1, -0.05) is 0 Å². The van der Waals surface area contributed by atoms with Crippen molar-refractivity contribution in [2.75, 3.05) is 13.7 Å². The molecular weight excluding hydrogens is 178 g/mol. The molecule has 0 saturated heterocycles. The molecule has 0 aromatic rings. The zero-order valence-corrected chi connectivity index (χ0v) is 9.58. The molecule has 0 aromatic carbocycles. The van der Waals surface area contributed by atoms with Crippen LogP contribution in [0.5, 0.6) is 0 Å². The largest absolute Gasteiger partial charge is 0.379 e. The fourth-order valence-electron chi connectivity index (χ4n) is 1.78. The second-order valence-electron chi connectivity index (χ2n) is 4.64. The summed E-state index contributed by atoms with van der Waals surface area (Å²) in [5.41, 5.74) is 5.89. The smallest absolute Gasteiger partial charge is 0.0776 e. The predicted molar refractivity (Wildman–Crippen MR) is 57.3 cm³/mol. The molecule has 1 aliphatic rings. The third-order valence-corrected chi connectivity index (χ3v) is 3.16. The molecule has 1 fully saturated rings. The fourth-order valence-corrected chi connectivity index (χ4v) is 1.78. The van der Waals surface area contributed by atoms with Crippen molar-refractivity contribution in [1.82, 2.24) is 0 Å². The van der Waals surface area contributed by atoms with E-state index in [4.69, 9.17) is 15.2 Å². The van der Waals surface area contributed by atoms with Crippen molar-refractivity contribution < 1.29 is 9.47 Å². The van der Waals surface area contributed by atoms with E-state index < -0.39 is 0 Å². The molecular formula is C11H23NO2. The first-order valence-corrected chi connectivity index (χ1v) is 5.48. The lowest BCUT2D eigenvalue weighted by molar-refractivity contribution is -0.0928. The zero-order valence-electron chi connectivity index (χ0n) is 9.58. The Balaban J connectivity index is 2.28. The number of methoxy groups -OCH3 is 1. The Kier molecular flexibility index (Phi) is 4.35. The van der Waals surface area contributed by atoms with E-state index in [9.17, 15) is 0 Å². The molecule has 0 heterocycles. The van der Waals surface area contributed by atoms with Crippen LogP contribution >= 0.6 is 0 Å². The summed E-state index contributed by atoms with van der Waals surface area (Å²) in [4.78, 5) is 0. The molecule has 1 unspecified atom stereocenters. The molecule has 0 amide bonds. The van der Waals surface area contributed by atoms with Crippen LogP contribution in [0.2, 0.25) is 0 Å². The van der Waals surface area contributed by atoms with Crippen molar-refractivity contribution in [3.63, 3.8) is 0 Å². The molecule has 2 N–H and O–H groups in total. The minimum atomic E-state index is 0.0304. The van der Waals surface area contributed by atoms with Crippen molar-refractivity contribution in [3.8, 4) is 0 Å². The molecule has 1 saturated carbocycles. The van der Waals surface area contributed by atoms with Gasteiger partial charge in [-0.05, 0) is 39.5 Å². The van der Waals surface area contributed by atoms with Gasteiger partial charge in [0.15, 0.2) is 0 Å². The van der Waals surface area contributed by atoms with Gasteiger partial charge in [-0.3, -0.25) is 0 Å². The van der Waals surface area contributed by atoms with Gasteiger partial charge >= 0.3 is 0 Å². The Morgan fingerprint density at radius 2 is 2.00 bits per heavy atom. The number of rotatable bonds is 4. The first-order chi connectivity index (χ1) is 6.56. The number of hydrogen-bond donors (Lipinski definition) is 1. The molecule has 0 bridgehead atoms. The van der Waals surface area contributed by atoms with Gasteiger partial charge in [0, 0.05) is 13.2 Å². The number of ether oxygens (including phenoxy) is 2. The summed E-state index contributed by atoms with van der Waals surface area (Å²) in [5, 5.41) is 0. The SMILES string of the molecule is COC(C)COC1(C)CCC(N)CC1. The van der Waals surface area contributed by atoms with Gasteiger partial charge in [0.1, 0.15) is 0 Å². The van der Waals surface area contributed by atoms with E-state index in [1.165, 1.54) is 0 Å². The van der Waals surface area contributed by atoms with Crippen LogP contribution in [-0.4, -0.2) is 31.5 Å². The van der Waals surface area contributed by atoms with Crippen molar-refractivity contribution in [2.45, 2.75) is 57.3 Å². The maximum absolute atomic E-state index is 5.89. The monoisotopic (exact) mass is 201 g/mol. The van der Waals surface area contributed by atoms with Crippen molar-refractivity contribution in [3.05, 3.63) is 0 Å². The fraction of sp³-hybridized carbons (Fsp3) is 1.00. The molecule has 3 heteroatoms. The van der Waals surface area contributed by atoms with Gasteiger partial charge < -0.3 is 15.2 Å². The second kappa shape index (κ2) is 5.10. The van der Waals surface area contributed by atoms with E-state index in [1.54, 1.807) is 7.11 Å². The van der Waals surface area contributed by atoms with Gasteiger partial charge in [-0.25, -0.2) is 0 Å². The molecule has 3 nitrogen and oxygen atoms in total. The van der Waals surface area contributed by atoms with Crippen molar-refractivity contribution in [2.24, 2.45) is 5.73 Å². The molecule has 84 valence electrons. The topological polar surface area (TPSA) is 44.5 Å². The summed E-state index contributed by atoms with van der Waals surface area (Å²) in [6, 6.07) is 0.381. The van der Waals surface area contributed by atoms with Crippen LogP contribution in [0.3, 0.4) is 0 Å². The van der Waals surface area contributed by atoms with Gasteiger partial charge in [0.25, 0.3) is 0 Å². The average molecular weight is 201 g/mol. The first-order valence-electron chi connectivity index (χ1n) is 5.48. The molecule has 0 aliphatic heterocycles. The number of nitrogens with two attached hydrogens (primary N) is 1. The van der Waals surface area contributed by atoms with Gasteiger partial charge in [0.05, 0.1) is 18.3 Å². The zero-order chi connectivity index (χ0) is 10.6. The Hall–Kier alpha value is -0.120. The van der Waals surface area contributed by atoms with Gasteiger partial charge in [0.2, 0.25) is 0 Å². The molecule has 0 radical (unpaired) electrons. The van der Waals surface area contributed by atoms with E-state index in [0.29, 0.717) is 12.6 Å². The standard InChI is InChI=1S/C11H23NO2/c1-9(13-3)8-14-11(2)6-4-10(12)5-7-11/h9-10H,4-8,12H2,1-3H3. The third kappa shape index (κ3) is 3.56. The highest BCUT2D eigenvalue weighted by Crippen LogP contribution is 2.30. The van der Waals surface area contributed by atoms with Crippen molar-refractivity contribution in [1.29, 1.82) is 0 Å². The van der Waals surface area contributed by atoms with Crippen LogP contribution < -0.4 is 5.73 Å². The van der Waals surface area contributed by atoms with E-state index in [-0.39, 0.29) is 11.7 Å². The lowest BCUT2D eigenvalue weighted by Gasteiger charge is -2.36. The predicted octanol–water partition coefficient (Wildman–Crippen LogP) is 1.70. The molecule has 0 aromatic heterocycles.